The zero-order chi connectivity index (χ0) is 14.4. The van der Waals surface area contributed by atoms with E-state index in [1.165, 1.54) is 0 Å². The maximum Gasteiger partial charge on any atom is 0.233 e. The maximum atomic E-state index is 5.59. The summed E-state index contributed by atoms with van der Waals surface area (Å²) in [7, 11) is 0. The van der Waals surface area contributed by atoms with Crippen LogP contribution in [0.4, 0.5) is 0 Å². The summed E-state index contributed by atoms with van der Waals surface area (Å²) in [6.45, 7) is 9.11. The molecule has 5 heteroatoms. The van der Waals surface area contributed by atoms with E-state index in [9.17, 15) is 0 Å². The lowest BCUT2D eigenvalue weighted by Crippen LogP contribution is -2.41. The van der Waals surface area contributed by atoms with Crippen LogP contribution in [0.5, 0.6) is 0 Å². The van der Waals surface area contributed by atoms with Crippen LogP contribution in [0.15, 0.2) is 4.52 Å². The van der Waals surface area contributed by atoms with Gasteiger partial charge in [-0.05, 0) is 31.7 Å². The summed E-state index contributed by atoms with van der Waals surface area (Å²) >= 11 is 0. The Kier molecular flexibility index (Phi) is 5.98. The second-order valence-electron chi connectivity index (χ2n) is 6.01. The Labute approximate surface area is 121 Å². The highest BCUT2D eigenvalue weighted by molar-refractivity contribution is 5.01. The molecule has 0 spiro atoms. The molecular formula is C15H27N3O2. The lowest BCUT2D eigenvalue weighted by molar-refractivity contribution is 0.0498. The number of aryl methyl sites for hydroxylation is 1. The van der Waals surface area contributed by atoms with Crippen LogP contribution in [0.25, 0.3) is 0 Å². The number of nitrogens with one attached hydrogen (secondary N) is 1. The van der Waals surface area contributed by atoms with Crippen molar-refractivity contribution in [3.05, 3.63) is 11.7 Å². The van der Waals surface area contributed by atoms with E-state index in [1.807, 2.05) is 0 Å². The van der Waals surface area contributed by atoms with Gasteiger partial charge in [0.1, 0.15) is 0 Å². The van der Waals surface area contributed by atoms with E-state index in [0.29, 0.717) is 18.6 Å². The second-order valence-corrected chi connectivity index (χ2v) is 6.01. The number of ether oxygens (including phenoxy) is 1. The third kappa shape index (κ3) is 4.28. The third-order valence-electron chi connectivity index (χ3n) is 3.76. The van der Waals surface area contributed by atoms with Gasteiger partial charge < -0.3 is 14.6 Å². The molecule has 0 bridgehead atoms. The van der Waals surface area contributed by atoms with Gasteiger partial charge in [0, 0.05) is 19.1 Å². The Bertz CT molecular complexity index is 392. The van der Waals surface area contributed by atoms with Gasteiger partial charge >= 0.3 is 0 Å². The Hall–Kier alpha value is -0.940. The Morgan fingerprint density at radius 2 is 2.25 bits per heavy atom. The highest BCUT2D eigenvalue weighted by Crippen LogP contribution is 2.25. The Balaban J connectivity index is 1.96. The van der Waals surface area contributed by atoms with Crippen LogP contribution in [0, 0.1) is 5.92 Å². The second kappa shape index (κ2) is 7.74. The van der Waals surface area contributed by atoms with Gasteiger partial charge in [-0.3, -0.25) is 0 Å². The van der Waals surface area contributed by atoms with E-state index >= 15 is 0 Å². The molecule has 0 aromatic carbocycles. The van der Waals surface area contributed by atoms with Crippen LogP contribution in [0.2, 0.25) is 0 Å². The van der Waals surface area contributed by atoms with E-state index in [2.05, 4.69) is 36.2 Å². The largest absolute Gasteiger partial charge is 0.381 e. The van der Waals surface area contributed by atoms with Gasteiger partial charge in [-0.1, -0.05) is 25.9 Å². The van der Waals surface area contributed by atoms with Gasteiger partial charge in [0.15, 0.2) is 5.82 Å². The normalized spacial score (nSPS) is 23.4. The number of hydrogen-bond acceptors (Lipinski definition) is 5. The third-order valence-corrected chi connectivity index (χ3v) is 3.76. The highest BCUT2D eigenvalue weighted by atomic mass is 16.5. The predicted molar refractivity (Wildman–Crippen MR) is 77.7 cm³/mol. The summed E-state index contributed by atoms with van der Waals surface area (Å²) in [4.78, 5) is 4.57. The molecule has 1 fully saturated rings. The van der Waals surface area contributed by atoms with Crippen molar-refractivity contribution in [2.45, 2.75) is 58.4 Å². The number of nitrogens with zero attached hydrogens (tertiary/aromatic N) is 2. The minimum Gasteiger partial charge on any atom is -0.381 e. The summed E-state index contributed by atoms with van der Waals surface area (Å²) in [5.41, 5.74) is 0. The van der Waals surface area contributed by atoms with Crippen LogP contribution in [0.1, 0.15) is 57.7 Å². The van der Waals surface area contributed by atoms with Crippen LogP contribution < -0.4 is 5.32 Å². The fourth-order valence-electron chi connectivity index (χ4n) is 2.49. The van der Waals surface area contributed by atoms with Crippen molar-refractivity contribution in [1.29, 1.82) is 0 Å². The summed E-state index contributed by atoms with van der Waals surface area (Å²) in [6, 6.07) is 0.391. The maximum absolute atomic E-state index is 5.59. The fraction of sp³-hybridized carbons (Fsp3) is 0.867. The molecule has 2 heterocycles. The van der Waals surface area contributed by atoms with Gasteiger partial charge in [0.05, 0.1) is 12.5 Å². The van der Waals surface area contributed by atoms with Crippen molar-refractivity contribution in [2.75, 3.05) is 19.8 Å². The van der Waals surface area contributed by atoms with Gasteiger partial charge in [-0.15, -0.1) is 0 Å². The van der Waals surface area contributed by atoms with E-state index in [4.69, 9.17) is 9.26 Å². The molecule has 1 N–H and O–H groups in total. The van der Waals surface area contributed by atoms with Crippen LogP contribution in [0.3, 0.4) is 0 Å². The van der Waals surface area contributed by atoms with Crippen molar-refractivity contribution in [1.82, 2.24) is 15.5 Å². The summed E-state index contributed by atoms with van der Waals surface area (Å²) in [6.07, 6.45) is 4.13. The first-order valence-corrected chi connectivity index (χ1v) is 7.84. The van der Waals surface area contributed by atoms with E-state index in [-0.39, 0.29) is 5.92 Å². The number of hydrogen-bond donors (Lipinski definition) is 1. The van der Waals surface area contributed by atoms with Gasteiger partial charge in [0.25, 0.3) is 0 Å². The summed E-state index contributed by atoms with van der Waals surface area (Å²) < 4.78 is 11.1. The average molecular weight is 281 g/mol. The van der Waals surface area contributed by atoms with Gasteiger partial charge in [-0.25, -0.2) is 0 Å². The lowest BCUT2D eigenvalue weighted by atomic mass is 9.95. The zero-order valence-corrected chi connectivity index (χ0v) is 12.9. The molecule has 2 atom stereocenters. The monoisotopic (exact) mass is 281 g/mol. The molecule has 1 aliphatic heterocycles. The van der Waals surface area contributed by atoms with E-state index in [0.717, 1.165) is 50.6 Å². The molecule has 2 rings (SSSR count). The standard InChI is InChI=1S/C15H27N3O2/c1-4-8-16-13-7-9-19-10-12(13)15-17-14(18-20-15)6-5-11(2)3/h11-13,16H,4-10H2,1-3H3. The van der Waals surface area contributed by atoms with Crippen molar-refractivity contribution in [3.8, 4) is 0 Å². The first-order chi connectivity index (χ1) is 9.70. The molecule has 1 aromatic rings. The molecule has 0 amide bonds. The quantitative estimate of drug-likeness (QED) is 0.832. The molecule has 1 saturated heterocycles. The average Bonchev–Trinajstić information content (AvgIpc) is 2.92. The summed E-state index contributed by atoms with van der Waals surface area (Å²) in [5.74, 6) is 2.41. The topological polar surface area (TPSA) is 60.2 Å². The molecule has 2 unspecified atom stereocenters. The highest BCUT2D eigenvalue weighted by Gasteiger charge is 2.31. The first kappa shape index (κ1) is 15.4. The Morgan fingerprint density at radius 1 is 1.40 bits per heavy atom. The number of aromatic nitrogens is 2. The zero-order valence-electron chi connectivity index (χ0n) is 12.9. The van der Waals surface area contributed by atoms with E-state index < -0.39 is 0 Å². The van der Waals surface area contributed by atoms with Crippen molar-refractivity contribution < 1.29 is 9.26 Å². The molecule has 114 valence electrons. The SMILES string of the molecule is CCCNC1CCOCC1c1nc(CCC(C)C)no1. The Morgan fingerprint density at radius 3 is 3.00 bits per heavy atom. The molecule has 20 heavy (non-hydrogen) atoms. The molecule has 1 aromatic heterocycles. The van der Waals surface area contributed by atoms with Crippen LogP contribution in [-0.4, -0.2) is 35.9 Å². The van der Waals surface area contributed by atoms with Crippen molar-refractivity contribution >= 4 is 0 Å². The van der Waals surface area contributed by atoms with Gasteiger partial charge in [0.2, 0.25) is 5.89 Å². The first-order valence-electron chi connectivity index (χ1n) is 7.84. The van der Waals surface area contributed by atoms with Crippen molar-refractivity contribution in [2.24, 2.45) is 5.92 Å². The van der Waals surface area contributed by atoms with Gasteiger partial charge in [-0.2, -0.15) is 4.98 Å². The predicted octanol–water partition coefficient (Wildman–Crippen LogP) is 2.53. The number of rotatable bonds is 7. The van der Waals surface area contributed by atoms with Crippen LogP contribution >= 0.6 is 0 Å². The molecule has 0 saturated carbocycles. The molecule has 5 nitrogen and oxygen atoms in total. The van der Waals surface area contributed by atoms with Crippen LogP contribution in [-0.2, 0) is 11.2 Å². The van der Waals surface area contributed by atoms with E-state index in [1.54, 1.807) is 0 Å². The fourth-order valence-corrected chi connectivity index (χ4v) is 2.49. The van der Waals surface area contributed by atoms with Crippen molar-refractivity contribution in [3.63, 3.8) is 0 Å². The molecule has 0 aliphatic carbocycles. The smallest absolute Gasteiger partial charge is 0.233 e. The lowest BCUT2D eigenvalue weighted by Gasteiger charge is -2.29. The minimum atomic E-state index is 0.190. The summed E-state index contributed by atoms with van der Waals surface area (Å²) in [5, 5.41) is 7.68. The molecule has 0 radical (unpaired) electrons. The minimum absolute atomic E-state index is 0.190. The molecular weight excluding hydrogens is 254 g/mol. The molecule has 1 aliphatic rings.